The van der Waals surface area contributed by atoms with Gasteiger partial charge in [-0.15, -0.1) is 11.3 Å². The number of aromatic amines is 1. The van der Waals surface area contributed by atoms with E-state index in [4.69, 9.17) is 0 Å². The summed E-state index contributed by atoms with van der Waals surface area (Å²) in [6.07, 6.45) is 3.61. The molecule has 0 radical (unpaired) electrons. The maximum Gasteiger partial charge on any atom is 0.251 e. The van der Waals surface area contributed by atoms with Gasteiger partial charge < -0.3 is 10.3 Å². The van der Waals surface area contributed by atoms with Crippen LogP contribution in [0.5, 0.6) is 0 Å². The number of fused-ring (bicyclic) bond motifs is 1. The van der Waals surface area contributed by atoms with Crippen molar-refractivity contribution in [2.24, 2.45) is 0 Å². The highest BCUT2D eigenvalue weighted by atomic mass is 32.1. The number of hydrogen-bond donors (Lipinski definition) is 2. The molecule has 0 spiro atoms. The number of rotatable bonds is 5. The molecule has 1 atom stereocenters. The summed E-state index contributed by atoms with van der Waals surface area (Å²) in [4.78, 5) is 20.8. The highest BCUT2D eigenvalue weighted by Gasteiger charge is 2.16. The van der Waals surface area contributed by atoms with Crippen LogP contribution in [0.4, 0.5) is 0 Å². The zero-order valence-electron chi connectivity index (χ0n) is 11.8. The fourth-order valence-electron chi connectivity index (χ4n) is 2.38. The van der Waals surface area contributed by atoms with Crippen LogP contribution in [0.1, 0.15) is 41.0 Å². The van der Waals surface area contributed by atoms with E-state index in [0.29, 0.717) is 5.56 Å². The number of aromatic nitrogens is 2. The summed E-state index contributed by atoms with van der Waals surface area (Å²) < 4.78 is 0. The molecule has 0 bridgehead atoms. The first-order valence-corrected chi connectivity index (χ1v) is 7.93. The number of nitrogens with zero attached hydrogens (tertiary/aromatic N) is 1. The lowest BCUT2D eigenvalue weighted by atomic mass is 10.1. The molecule has 0 saturated heterocycles. The Morgan fingerprint density at radius 3 is 3.10 bits per heavy atom. The van der Waals surface area contributed by atoms with Gasteiger partial charge in [0.15, 0.2) is 0 Å². The highest BCUT2D eigenvalue weighted by molar-refractivity contribution is 7.10. The van der Waals surface area contributed by atoms with Gasteiger partial charge in [0.2, 0.25) is 0 Å². The van der Waals surface area contributed by atoms with E-state index in [9.17, 15) is 4.79 Å². The molecule has 0 aliphatic rings. The predicted octanol–water partition coefficient (Wildman–Crippen LogP) is 3.90. The summed E-state index contributed by atoms with van der Waals surface area (Å²) in [6, 6.07) is 9.69. The quantitative estimate of drug-likeness (QED) is 0.750. The number of carbonyl (C=O) groups is 1. The largest absolute Gasteiger partial charge is 0.345 e. The van der Waals surface area contributed by atoms with Crippen molar-refractivity contribution in [2.45, 2.75) is 25.8 Å². The number of nitrogens with one attached hydrogen (secondary N) is 2. The van der Waals surface area contributed by atoms with Gasteiger partial charge in [-0.25, -0.2) is 4.98 Å². The average molecular weight is 299 g/mol. The third-order valence-electron chi connectivity index (χ3n) is 3.45. The Hall–Kier alpha value is -2.14. The Morgan fingerprint density at radius 1 is 1.43 bits per heavy atom. The van der Waals surface area contributed by atoms with Gasteiger partial charge in [0, 0.05) is 10.4 Å². The Labute approximate surface area is 127 Å². The fraction of sp³-hybridized carbons (Fsp3) is 0.250. The molecule has 4 nitrogen and oxygen atoms in total. The van der Waals surface area contributed by atoms with Crippen molar-refractivity contribution >= 4 is 28.3 Å². The van der Waals surface area contributed by atoms with Crippen LogP contribution in [-0.2, 0) is 0 Å². The van der Waals surface area contributed by atoms with Crippen LogP contribution in [0, 0.1) is 0 Å². The second kappa shape index (κ2) is 6.10. The monoisotopic (exact) mass is 299 g/mol. The number of amides is 1. The molecule has 2 aromatic heterocycles. The molecule has 5 heteroatoms. The van der Waals surface area contributed by atoms with Gasteiger partial charge in [-0.3, -0.25) is 4.79 Å². The lowest BCUT2D eigenvalue weighted by molar-refractivity contribution is 0.0935. The van der Waals surface area contributed by atoms with Crippen LogP contribution in [0.2, 0.25) is 0 Å². The number of benzene rings is 1. The smallest absolute Gasteiger partial charge is 0.251 e. The summed E-state index contributed by atoms with van der Waals surface area (Å²) in [5, 5.41) is 5.17. The van der Waals surface area contributed by atoms with Crippen LogP contribution in [-0.4, -0.2) is 15.9 Å². The van der Waals surface area contributed by atoms with Gasteiger partial charge in [0.05, 0.1) is 23.4 Å². The molecule has 1 amide bonds. The van der Waals surface area contributed by atoms with E-state index in [-0.39, 0.29) is 11.9 Å². The molecule has 0 aliphatic heterocycles. The van der Waals surface area contributed by atoms with Crippen molar-refractivity contribution in [2.75, 3.05) is 0 Å². The third-order valence-corrected chi connectivity index (χ3v) is 4.44. The second-order valence-electron chi connectivity index (χ2n) is 4.96. The minimum absolute atomic E-state index is 0.0432. The number of hydrogen-bond acceptors (Lipinski definition) is 3. The number of carbonyl (C=O) groups excluding carboxylic acids is 1. The van der Waals surface area contributed by atoms with Crippen molar-refractivity contribution in [1.82, 2.24) is 15.3 Å². The van der Waals surface area contributed by atoms with E-state index in [1.54, 1.807) is 17.7 Å². The van der Waals surface area contributed by atoms with Crippen LogP contribution in [0.3, 0.4) is 0 Å². The van der Waals surface area contributed by atoms with Crippen LogP contribution in [0.15, 0.2) is 42.0 Å². The first-order valence-electron chi connectivity index (χ1n) is 7.05. The van der Waals surface area contributed by atoms with Crippen molar-refractivity contribution < 1.29 is 4.79 Å². The van der Waals surface area contributed by atoms with Crippen molar-refractivity contribution in [3.63, 3.8) is 0 Å². The molecule has 3 rings (SSSR count). The molecular formula is C16H17N3OS. The van der Waals surface area contributed by atoms with E-state index in [0.717, 1.165) is 23.9 Å². The summed E-state index contributed by atoms with van der Waals surface area (Å²) >= 11 is 1.68. The Kier molecular flexibility index (Phi) is 4.01. The summed E-state index contributed by atoms with van der Waals surface area (Å²) in [5.41, 5.74) is 2.41. The Balaban J connectivity index is 1.80. The topological polar surface area (TPSA) is 57.8 Å². The van der Waals surface area contributed by atoms with Gasteiger partial charge in [-0.1, -0.05) is 19.4 Å². The predicted molar refractivity (Wildman–Crippen MR) is 85.5 cm³/mol. The van der Waals surface area contributed by atoms with Gasteiger partial charge in [0.1, 0.15) is 0 Å². The van der Waals surface area contributed by atoms with Gasteiger partial charge in [-0.2, -0.15) is 0 Å². The lowest BCUT2D eigenvalue weighted by Crippen LogP contribution is -2.27. The Bertz CT molecular complexity index is 733. The summed E-state index contributed by atoms with van der Waals surface area (Å²) in [5.74, 6) is -0.0432. The average Bonchev–Trinajstić information content (AvgIpc) is 3.17. The van der Waals surface area contributed by atoms with Gasteiger partial charge >= 0.3 is 0 Å². The molecule has 3 aromatic rings. The fourth-order valence-corrected chi connectivity index (χ4v) is 3.19. The standard InChI is InChI=1S/C16H17N3OS/c1-2-4-13(15-5-3-8-21-15)19-16(20)11-6-7-12-14(9-11)18-10-17-12/h3,5-10,13H,2,4H2,1H3,(H,17,18)(H,19,20). The van der Waals surface area contributed by atoms with E-state index in [1.165, 1.54) is 4.88 Å². The molecule has 2 heterocycles. The first kappa shape index (κ1) is 13.8. The van der Waals surface area contributed by atoms with Crippen LogP contribution in [0.25, 0.3) is 11.0 Å². The number of imidazole rings is 1. The number of H-pyrrole nitrogens is 1. The van der Waals surface area contributed by atoms with Gasteiger partial charge in [0.25, 0.3) is 5.91 Å². The molecule has 0 aliphatic carbocycles. The van der Waals surface area contributed by atoms with E-state index < -0.39 is 0 Å². The Morgan fingerprint density at radius 2 is 2.33 bits per heavy atom. The molecule has 1 aromatic carbocycles. The maximum absolute atomic E-state index is 12.4. The molecule has 108 valence electrons. The highest BCUT2D eigenvalue weighted by Crippen LogP contribution is 2.24. The van der Waals surface area contributed by atoms with Gasteiger partial charge in [-0.05, 0) is 36.1 Å². The van der Waals surface area contributed by atoms with Crippen LogP contribution >= 0.6 is 11.3 Å². The number of thiophene rings is 1. The normalized spacial score (nSPS) is 12.4. The maximum atomic E-state index is 12.4. The zero-order valence-corrected chi connectivity index (χ0v) is 12.6. The third kappa shape index (κ3) is 2.97. The van der Waals surface area contributed by atoms with E-state index in [1.807, 2.05) is 29.6 Å². The lowest BCUT2D eigenvalue weighted by Gasteiger charge is -2.16. The minimum atomic E-state index is -0.0432. The summed E-state index contributed by atoms with van der Waals surface area (Å²) in [6.45, 7) is 2.13. The molecule has 1 unspecified atom stereocenters. The van der Waals surface area contributed by atoms with E-state index >= 15 is 0 Å². The van der Waals surface area contributed by atoms with Crippen molar-refractivity contribution in [3.8, 4) is 0 Å². The van der Waals surface area contributed by atoms with Crippen molar-refractivity contribution in [3.05, 3.63) is 52.5 Å². The second-order valence-corrected chi connectivity index (χ2v) is 5.94. The summed E-state index contributed by atoms with van der Waals surface area (Å²) in [7, 11) is 0. The minimum Gasteiger partial charge on any atom is -0.345 e. The van der Waals surface area contributed by atoms with Crippen molar-refractivity contribution in [1.29, 1.82) is 0 Å². The molecular weight excluding hydrogens is 282 g/mol. The van der Waals surface area contributed by atoms with Crippen LogP contribution < -0.4 is 5.32 Å². The molecule has 2 N–H and O–H groups in total. The first-order chi connectivity index (χ1) is 10.3. The zero-order chi connectivity index (χ0) is 14.7. The SMILES string of the molecule is CCCC(NC(=O)c1ccc2nc[nH]c2c1)c1cccs1. The molecule has 21 heavy (non-hydrogen) atoms. The molecule has 0 fully saturated rings. The van der Waals surface area contributed by atoms with E-state index in [2.05, 4.69) is 28.3 Å². The molecule has 0 saturated carbocycles.